The van der Waals surface area contributed by atoms with Gasteiger partial charge in [-0.25, -0.2) is 4.79 Å². The van der Waals surface area contributed by atoms with Gasteiger partial charge < -0.3 is 20.4 Å². The zero-order chi connectivity index (χ0) is 22.0. The molecule has 0 unspecified atom stereocenters. The first-order valence-corrected chi connectivity index (χ1v) is 10.2. The molecule has 31 heavy (non-hydrogen) atoms. The SMILES string of the molecule is O=C1NCN(C2CCN(C(=O)Cc3ccc(C(F)(F)F)cc3)CC2)c2ccccc2N1. The van der Waals surface area contributed by atoms with E-state index in [1.807, 2.05) is 24.3 Å². The number of carbonyl (C=O) groups is 2. The smallest absolute Gasteiger partial charge is 0.349 e. The fraction of sp³-hybridized carbons (Fsp3) is 0.364. The molecule has 2 aliphatic rings. The van der Waals surface area contributed by atoms with Crippen LogP contribution in [0.15, 0.2) is 48.5 Å². The van der Waals surface area contributed by atoms with Crippen LogP contribution in [0, 0.1) is 0 Å². The highest BCUT2D eigenvalue weighted by Gasteiger charge is 2.31. The van der Waals surface area contributed by atoms with E-state index in [9.17, 15) is 22.8 Å². The number of alkyl halides is 3. The van der Waals surface area contributed by atoms with Crippen molar-refractivity contribution < 1.29 is 22.8 Å². The molecule has 2 aliphatic heterocycles. The maximum atomic E-state index is 12.7. The van der Waals surface area contributed by atoms with E-state index in [4.69, 9.17) is 0 Å². The van der Waals surface area contributed by atoms with E-state index in [0.29, 0.717) is 25.3 Å². The van der Waals surface area contributed by atoms with Crippen LogP contribution in [-0.4, -0.2) is 42.6 Å². The number of amides is 3. The zero-order valence-electron chi connectivity index (χ0n) is 16.8. The van der Waals surface area contributed by atoms with Crippen LogP contribution in [0.3, 0.4) is 0 Å². The molecule has 1 fully saturated rings. The van der Waals surface area contributed by atoms with Gasteiger partial charge in [0, 0.05) is 19.1 Å². The number of hydrogen-bond donors (Lipinski definition) is 2. The summed E-state index contributed by atoms with van der Waals surface area (Å²) in [6, 6.07) is 12.3. The highest BCUT2D eigenvalue weighted by atomic mass is 19.4. The Kier molecular flexibility index (Phi) is 5.75. The monoisotopic (exact) mass is 432 g/mol. The minimum Gasteiger partial charge on any atom is -0.349 e. The molecule has 0 bridgehead atoms. The second-order valence-corrected chi connectivity index (χ2v) is 7.76. The van der Waals surface area contributed by atoms with E-state index >= 15 is 0 Å². The van der Waals surface area contributed by atoms with Crippen molar-refractivity contribution in [1.82, 2.24) is 10.2 Å². The molecule has 2 aromatic carbocycles. The normalized spacial score (nSPS) is 17.5. The number of hydrogen-bond acceptors (Lipinski definition) is 3. The molecule has 9 heteroatoms. The molecule has 2 heterocycles. The number of nitrogens with one attached hydrogen (secondary N) is 2. The number of para-hydroxylation sites is 2. The fourth-order valence-corrected chi connectivity index (χ4v) is 4.09. The van der Waals surface area contributed by atoms with E-state index in [1.54, 1.807) is 4.90 Å². The standard InChI is InChI=1S/C22H23F3N4O2/c23-22(24,25)16-7-5-15(6-8-16)13-20(30)28-11-9-17(10-12-28)29-14-26-21(31)27-18-3-1-2-4-19(18)29/h1-8,17H,9-14H2,(H2,26,27,31). The Morgan fingerprint density at radius 1 is 1.03 bits per heavy atom. The molecule has 3 amide bonds. The highest BCUT2D eigenvalue weighted by Crippen LogP contribution is 2.32. The minimum absolute atomic E-state index is 0.0787. The third kappa shape index (κ3) is 4.76. The summed E-state index contributed by atoms with van der Waals surface area (Å²) in [6.07, 6.45) is -2.83. The minimum atomic E-state index is -4.38. The van der Waals surface area contributed by atoms with Crippen LogP contribution < -0.4 is 15.5 Å². The third-order valence-corrected chi connectivity index (χ3v) is 5.77. The number of urea groups is 1. The number of fused-ring (bicyclic) bond motifs is 1. The van der Waals surface area contributed by atoms with E-state index in [0.717, 1.165) is 36.3 Å². The molecule has 0 saturated carbocycles. The van der Waals surface area contributed by atoms with Crippen molar-refractivity contribution >= 4 is 23.3 Å². The maximum Gasteiger partial charge on any atom is 0.416 e. The Labute approximate surface area is 178 Å². The fourth-order valence-electron chi connectivity index (χ4n) is 4.09. The van der Waals surface area contributed by atoms with Gasteiger partial charge in [0.15, 0.2) is 0 Å². The topological polar surface area (TPSA) is 64.7 Å². The van der Waals surface area contributed by atoms with Gasteiger partial charge in [0.05, 0.1) is 30.0 Å². The van der Waals surface area contributed by atoms with Gasteiger partial charge in [-0.3, -0.25) is 4.79 Å². The van der Waals surface area contributed by atoms with E-state index < -0.39 is 11.7 Å². The zero-order valence-corrected chi connectivity index (χ0v) is 16.8. The number of nitrogens with zero attached hydrogens (tertiary/aromatic N) is 2. The average Bonchev–Trinajstić information content (AvgIpc) is 2.92. The summed E-state index contributed by atoms with van der Waals surface area (Å²) in [7, 11) is 0. The number of likely N-dealkylation sites (tertiary alicyclic amines) is 1. The van der Waals surface area contributed by atoms with Crippen molar-refractivity contribution in [2.24, 2.45) is 0 Å². The number of carbonyl (C=O) groups excluding carboxylic acids is 2. The van der Waals surface area contributed by atoms with Crippen molar-refractivity contribution in [3.8, 4) is 0 Å². The summed E-state index contributed by atoms with van der Waals surface area (Å²) < 4.78 is 38.1. The largest absolute Gasteiger partial charge is 0.416 e. The lowest BCUT2D eigenvalue weighted by molar-refractivity contribution is -0.137. The molecule has 0 radical (unpaired) electrons. The quantitative estimate of drug-likeness (QED) is 0.775. The van der Waals surface area contributed by atoms with Crippen LogP contribution in [0.1, 0.15) is 24.0 Å². The second kappa shape index (κ2) is 8.49. The maximum absolute atomic E-state index is 12.7. The Balaban J connectivity index is 1.36. The summed E-state index contributed by atoms with van der Waals surface area (Å²) in [6.45, 7) is 1.50. The number of rotatable bonds is 3. The van der Waals surface area contributed by atoms with Gasteiger partial charge in [0.2, 0.25) is 5.91 Å². The molecule has 2 aromatic rings. The molecular weight excluding hydrogens is 409 g/mol. The lowest BCUT2D eigenvalue weighted by atomic mass is 10.0. The van der Waals surface area contributed by atoms with Gasteiger partial charge in [-0.15, -0.1) is 0 Å². The summed E-state index contributed by atoms with van der Waals surface area (Å²) in [5, 5.41) is 5.67. The van der Waals surface area contributed by atoms with Crippen molar-refractivity contribution in [1.29, 1.82) is 0 Å². The Hall–Kier alpha value is -3.23. The van der Waals surface area contributed by atoms with Gasteiger partial charge in [0.25, 0.3) is 0 Å². The molecule has 0 spiro atoms. The van der Waals surface area contributed by atoms with E-state index in [2.05, 4.69) is 15.5 Å². The predicted molar refractivity (Wildman–Crippen MR) is 111 cm³/mol. The Morgan fingerprint density at radius 2 is 1.71 bits per heavy atom. The number of benzene rings is 2. The van der Waals surface area contributed by atoms with Crippen molar-refractivity contribution in [2.75, 3.05) is 30.0 Å². The number of anilines is 2. The van der Waals surface area contributed by atoms with Crippen molar-refractivity contribution in [2.45, 2.75) is 31.5 Å². The molecule has 0 aliphatic carbocycles. The van der Waals surface area contributed by atoms with Crippen molar-refractivity contribution in [3.05, 3.63) is 59.7 Å². The molecular formula is C22H23F3N4O2. The third-order valence-electron chi connectivity index (χ3n) is 5.77. The summed E-state index contributed by atoms with van der Waals surface area (Å²) in [5.41, 5.74) is 1.54. The molecule has 4 rings (SSSR count). The van der Waals surface area contributed by atoms with Gasteiger partial charge in [-0.1, -0.05) is 24.3 Å². The highest BCUT2D eigenvalue weighted by molar-refractivity contribution is 5.94. The molecule has 164 valence electrons. The Morgan fingerprint density at radius 3 is 2.39 bits per heavy atom. The van der Waals surface area contributed by atoms with Crippen LogP contribution in [0.4, 0.5) is 29.3 Å². The molecule has 6 nitrogen and oxygen atoms in total. The first-order chi connectivity index (χ1) is 14.8. The van der Waals surface area contributed by atoms with Crippen LogP contribution in [0.5, 0.6) is 0 Å². The average molecular weight is 432 g/mol. The lowest BCUT2D eigenvalue weighted by Gasteiger charge is -2.39. The van der Waals surface area contributed by atoms with Crippen LogP contribution in [0.2, 0.25) is 0 Å². The second-order valence-electron chi connectivity index (χ2n) is 7.76. The summed E-state index contributed by atoms with van der Waals surface area (Å²) >= 11 is 0. The van der Waals surface area contributed by atoms with Crippen LogP contribution in [0.25, 0.3) is 0 Å². The van der Waals surface area contributed by atoms with Crippen LogP contribution in [-0.2, 0) is 17.4 Å². The summed E-state index contributed by atoms with van der Waals surface area (Å²) in [4.78, 5) is 28.5. The van der Waals surface area contributed by atoms with E-state index in [-0.39, 0.29) is 24.4 Å². The Bertz CT molecular complexity index is 954. The number of piperidine rings is 1. The molecule has 0 aromatic heterocycles. The van der Waals surface area contributed by atoms with E-state index in [1.165, 1.54) is 12.1 Å². The van der Waals surface area contributed by atoms with Gasteiger partial charge in [-0.05, 0) is 42.7 Å². The molecule has 1 saturated heterocycles. The predicted octanol–water partition coefficient (Wildman–Crippen LogP) is 3.84. The van der Waals surface area contributed by atoms with Gasteiger partial charge >= 0.3 is 12.2 Å². The molecule has 0 atom stereocenters. The van der Waals surface area contributed by atoms with Gasteiger partial charge in [-0.2, -0.15) is 13.2 Å². The summed E-state index contributed by atoms with van der Waals surface area (Å²) in [5.74, 6) is -0.0931. The molecule has 2 N–H and O–H groups in total. The first kappa shape index (κ1) is 21.0. The lowest BCUT2D eigenvalue weighted by Crippen LogP contribution is -2.49. The van der Waals surface area contributed by atoms with Crippen LogP contribution >= 0.6 is 0 Å². The number of halogens is 3. The first-order valence-electron chi connectivity index (χ1n) is 10.2. The van der Waals surface area contributed by atoms with Crippen molar-refractivity contribution in [3.63, 3.8) is 0 Å². The van der Waals surface area contributed by atoms with Gasteiger partial charge in [0.1, 0.15) is 0 Å².